The molecule has 1 amide bonds. The number of rotatable bonds is 6. The van der Waals surface area contributed by atoms with Crippen molar-refractivity contribution in [3.63, 3.8) is 0 Å². The Labute approximate surface area is 170 Å². The van der Waals surface area contributed by atoms with E-state index in [0.717, 1.165) is 17.4 Å². The van der Waals surface area contributed by atoms with Gasteiger partial charge in [-0.25, -0.2) is 13.4 Å². The second-order valence-electron chi connectivity index (χ2n) is 6.70. The summed E-state index contributed by atoms with van der Waals surface area (Å²) < 4.78 is 36.1. The van der Waals surface area contributed by atoms with Gasteiger partial charge >= 0.3 is 0 Å². The molecule has 0 unspecified atom stereocenters. The van der Waals surface area contributed by atoms with Crippen molar-refractivity contribution in [3.8, 4) is 11.5 Å². The van der Waals surface area contributed by atoms with Crippen LogP contribution in [0, 0.1) is 0 Å². The summed E-state index contributed by atoms with van der Waals surface area (Å²) in [6, 6.07) is 12.1. The summed E-state index contributed by atoms with van der Waals surface area (Å²) >= 11 is 0. The molecule has 1 aliphatic heterocycles. The van der Waals surface area contributed by atoms with Crippen molar-refractivity contribution in [2.45, 2.75) is 19.4 Å². The van der Waals surface area contributed by atoms with Gasteiger partial charge in [0, 0.05) is 19.0 Å². The van der Waals surface area contributed by atoms with Gasteiger partial charge < -0.3 is 9.47 Å². The van der Waals surface area contributed by atoms with Gasteiger partial charge in [-0.2, -0.15) is 5.10 Å². The number of carbonyl (C=O) groups is 1. The molecule has 0 saturated heterocycles. The molecule has 2 aromatic carbocycles. The number of hydrazone groups is 1. The molecule has 8 nitrogen and oxygen atoms in total. The van der Waals surface area contributed by atoms with Gasteiger partial charge in [-0.05, 0) is 35.4 Å². The quantitative estimate of drug-likeness (QED) is 0.779. The number of hydrogen-bond acceptors (Lipinski definition) is 6. The van der Waals surface area contributed by atoms with Crippen LogP contribution in [0.1, 0.15) is 30.5 Å². The normalized spacial score (nSPS) is 16.3. The van der Waals surface area contributed by atoms with Crippen molar-refractivity contribution in [1.82, 2.24) is 5.01 Å². The van der Waals surface area contributed by atoms with Crippen molar-refractivity contribution in [2.75, 3.05) is 25.2 Å². The maximum absolute atomic E-state index is 12.2. The van der Waals surface area contributed by atoms with E-state index in [2.05, 4.69) is 9.82 Å². The first-order valence-corrected chi connectivity index (χ1v) is 10.8. The topological polar surface area (TPSA) is 97.3 Å². The molecule has 1 heterocycles. The second-order valence-corrected chi connectivity index (χ2v) is 8.45. The van der Waals surface area contributed by atoms with Crippen LogP contribution in [-0.2, 0) is 14.8 Å². The molecule has 0 aromatic heterocycles. The average Bonchev–Trinajstić information content (AvgIpc) is 3.12. The van der Waals surface area contributed by atoms with E-state index >= 15 is 0 Å². The van der Waals surface area contributed by atoms with Crippen LogP contribution in [-0.4, -0.2) is 45.5 Å². The lowest BCUT2D eigenvalue weighted by Gasteiger charge is -2.21. The highest BCUT2D eigenvalue weighted by Crippen LogP contribution is 2.37. The summed E-state index contributed by atoms with van der Waals surface area (Å²) in [5.41, 5.74) is 2.74. The minimum Gasteiger partial charge on any atom is -0.493 e. The van der Waals surface area contributed by atoms with Gasteiger partial charge in [0.25, 0.3) is 0 Å². The number of methoxy groups -OCH3 is 2. The van der Waals surface area contributed by atoms with E-state index in [1.54, 1.807) is 38.5 Å². The highest BCUT2D eigenvalue weighted by Gasteiger charge is 2.32. The Balaban J connectivity index is 1.94. The van der Waals surface area contributed by atoms with Crippen LogP contribution in [0.25, 0.3) is 0 Å². The van der Waals surface area contributed by atoms with Gasteiger partial charge in [0.1, 0.15) is 0 Å². The van der Waals surface area contributed by atoms with Crippen LogP contribution in [0.3, 0.4) is 0 Å². The third kappa shape index (κ3) is 4.68. The summed E-state index contributed by atoms with van der Waals surface area (Å²) in [5.74, 6) is 0.982. The maximum Gasteiger partial charge on any atom is 0.240 e. The molecule has 9 heteroatoms. The molecule has 0 bridgehead atoms. The molecule has 1 N–H and O–H groups in total. The lowest BCUT2D eigenvalue weighted by Crippen LogP contribution is -2.24. The molecule has 29 heavy (non-hydrogen) atoms. The Hall–Kier alpha value is -3.07. The summed E-state index contributed by atoms with van der Waals surface area (Å²) in [5, 5.41) is 5.94. The van der Waals surface area contributed by atoms with Gasteiger partial charge in [0.05, 0.1) is 32.2 Å². The third-order valence-electron chi connectivity index (χ3n) is 4.52. The van der Waals surface area contributed by atoms with Crippen LogP contribution in [0.15, 0.2) is 47.6 Å². The van der Waals surface area contributed by atoms with Crippen LogP contribution in [0.5, 0.6) is 11.5 Å². The molecule has 154 valence electrons. The number of carbonyl (C=O) groups excluding carboxylic acids is 1. The Kier molecular flexibility index (Phi) is 5.78. The van der Waals surface area contributed by atoms with E-state index in [9.17, 15) is 13.2 Å². The summed E-state index contributed by atoms with van der Waals surface area (Å²) in [4.78, 5) is 12.2. The van der Waals surface area contributed by atoms with Crippen molar-refractivity contribution >= 4 is 27.3 Å². The highest BCUT2D eigenvalue weighted by atomic mass is 32.2. The molecule has 0 saturated carbocycles. The first kappa shape index (κ1) is 20.7. The lowest BCUT2D eigenvalue weighted by molar-refractivity contribution is -0.130. The third-order valence-corrected chi connectivity index (χ3v) is 5.13. The predicted molar refractivity (Wildman–Crippen MR) is 111 cm³/mol. The van der Waals surface area contributed by atoms with Gasteiger partial charge in [-0.1, -0.05) is 18.2 Å². The number of nitrogens with zero attached hydrogens (tertiary/aromatic N) is 2. The molecule has 2 aromatic rings. The zero-order valence-electron chi connectivity index (χ0n) is 16.7. The fourth-order valence-electron chi connectivity index (χ4n) is 3.27. The largest absolute Gasteiger partial charge is 0.493 e. The minimum absolute atomic E-state index is 0.190. The van der Waals surface area contributed by atoms with E-state index in [-0.39, 0.29) is 11.9 Å². The number of hydrogen-bond donors (Lipinski definition) is 1. The fourth-order valence-corrected chi connectivity index (χ4v) is 3.83. The molecule has 0 radical (unpaired) electrons. The van der Waals surface area contributed by atoms with E-state index < -0.39 is 10.0 Å². The monoisotopic (exact) mass is 417 g/mol. The first-order chi connectivity index (χ1) is 13.7. The smallest absolute Gasteiger partial charge is 0.240 e. The number of sulfonamides is 1. The molecule has 1 atom stereocenters. The predicted octanol–water partition coefficient (Wildman–Crippen LogP) is 2.77. The highest BCUT2D eigenvalue weighted by molar-refractivity contribution is 7.92. The van der Waals surface area contributed by atoms with Crippen LogP contribution >= 0.6 is 0 Å². The van der Waals surface area contributed by atoms with Crippen LogP contribution in [0.4, 0.5) is 5.69 Å². The van der Waals surface area contributed by atoms with E-state index in [1.807, 2.05) is 18.2 Å². The van der Waals surface area contributed by atoms with E-state index in [0.29, 0.717) is 29.3 Å². The fraction of sp³-hybridized carbons (Fsp3) is 0.300. The van der Waals surface area contributed by atoms with E-state index in [1.165, 1.54) is 11.9 Å². The molecular weight excluding hydrogens is 394 g/mol. The zero-order chi connectivity index (χ0) is 21.2. The number of nitrogens with one attached hydrogen (secondary N) is 1. The van der Waals surface area contributed by atoms with Crippen molar-refractivity contribution < 1.29 is 22.7 Å². The SMILES string of the molecule is COc1ccc([C@H]2CC(c3cccc(NS(C)(=O)=O)c3)=NN2C(C)=O)cc1OC. The van der Waals surface area contributed by atoms with Gasteiger partial charge in [-0.3, -0.25) is 9.52 Å². The average molecular weight is 417 g/mol. The Bertz CT molecular complexity index is 1070. The Morgan fingerprint density at radius 1 is 1.14 bits per heavy atom. The Morgan fingerprint density at radius 2 is 1.86 bits per heavy atom. The summed E-state index contributed by atoms with van der Waals surface area (Å²) in [6.45, 7) is 1.46. The Morgan fingerprint density at radius 3 is 2.48 bits per heavy atom. The molecule has 0 aliphatic carbocycles. The van der Waals surface area contributed by atoms with Crippen LogP contribution in [0.2, 0.25) is 0 Å². The number of ether oxygens (including phenoxy) is 2. The van der Waals surface area contributed by atoms with Gasteiger partial charge in [0.15, 0.2) is 11.5 Å². The van der Waals surface area contributed by atoms with Crippen LogP contribution < -0.4 is 14.2 Å². The molecular formula is C20H23N3O5S. The molecule has 0 fully saturated rings. The van der Waals surface area contributed by atoms with Crippen molar-refractivity contribution in [2.24, 2.45) is 5.10 Å². The van der Waals surface area contributed by atoms with Gasteiger partial charge in [0.2, 0.25) is 15.9 Å². The maximum atomic E-state index is 12.2. The first-order valence-electron chi connectivity index (χ1n) is 8.89. The minimum atomic E-state index is -3.39. The second kappa shape index (κ2) is 8.12. The van der Waals surface area contributed by atoms with Crippen molar-refractivity contribution in [3.05, 3.63) is 53.6 Å². The lowest BCUT2D eigenvalue weighted by atomic mass is 9.98. The number of benzene rings is 2. The van der Waals surface area contributed by atoms with Gasteiger partial charge in [-0.15, -0.1) is 0 Å². The summed E-state index contributed by atoms with van der Waals surface area (Å²) in [6.07, 6.45) is 1.58. The van der Waals surface area contributed by atoms with Crippen molar-refractivity contribution in [1.29, 1.82) is 0 Å². The molecule has 3 rings (SSSR count). The summed E-state index contributed by atoms with van der Waals surface area (Å²) in [7, 11) is -0.270. The standard InChI is InChI=1S/C20H23N3O5S/c1-13(24)23-18(15-8-9-19(27-2)20(11-15)28-3)12-17(21-23)14-6-5-7-16(10-14)22-29(4,25)26/h5-11,18,22H,12H2,1-4H3/t18-/m1/s1. The van der Waals surface area contributed by atoms with E-state index in [4.69, 9.17) is 9.47 Å². The molecule has 0 spiro atoms. The zero-order valence-corrected chi connectivity index (χ0v) is 17.5. The molecule has 1 aliphatic rings. The number of anilines is 1. The number of amides is 1.